The van der Waals surface area contributed by atoms with Crippen LogP contribution in [0.5, 0.6) is 5.75 Å². The van der Waals surface area contributed by atoms with Crippen molar-refractivity contribution in [1.29, 1.82) is 0 Å². The SMILES string of the molecule is CN1C(=O)c2c(O)c(=O)ccn2N2C(c3ccccc3)CCC12. The Morgan fingerprint density at radius 3 is 2.57 bits per heavy atom. The molecule has 0 spiro atoms. The third-order valence-corrected chi connectivity index (χ3v) is 4.78. The van der Waals surface area contributed by atoms with E-state index in [-0.39, 0.29) is 23.8 Å². The second kappa shape index (κ2) is 4.87. The number of nitrogens with zero attached hydrogens (tertiary/aromatic N) is 3. The molecule has 1 saturated heterocycles. The highest BCUT2D eigenvalue weighted by molar-refractivity contribution is 5.96. The first-order valence-electron chi connectivity index (χ1n) is 7.65. The first-order valence-corrected chi connectivity index (χ1v) is 7.65. The van der Waals surface area contributed by atoms with Crippen LogP contribution in [-0.2, 0) is 0 Å². The molecule has 2 atom stereocenters. The first-order chi connectivity index (χ1) is 11.1. The quantitative estimate of drug-likeness (QED) is 0.865. The van der Waals surface area contributed by atoms with Crippen LogP contribution in [-0.4, -0.2) is 33.8 Å². The van der Waals surface area contributed by atoms with Crippen LogP contribution in [0.2, 0.25) is 0 Å². The third-order valence-electron chi connectivity index (χ3n) is 4.78. The number of rotatable bonds is 1. The second-order valence-corrected chi connectivity index (χ2v) is 6.00. The van der Waals surface area contributed by atoms with E-state index in [0.717, 1.165) is 18.4 Å². The molecule has 6 nitrogen and oxygen atoms in total. The Bertz CT molecular complexity index is 831. The molecule has 118 valence electrons. The number of pyridine rings is 1. The standard InChI is InChI=1S/C17H17N3O3/c1-18-14-8-7-12(11-5-3-2-4-6-11)20(14)19-10-9-13(21)16(22)15(19)17(18)23/h2-6,9-10,12,14,22H,7-8H2,1H3. The number of hydrogen-bond donors (Lipinski definition) is 1. The van der Waals surface area contributed by atoms with E-state index in [1.165, 1.54) is 6.07 Å². The zero-order chi connectivity index (χ0) is 16.1. The van der Waals surface area contributed by atoms with Crippen LogP contribution in [0.25, 0.3) is 0 Å². The lowest BCUT2D eigenvalue weighted by Crippen LogP contribution is -2.57. The normalized spacial score (nSPS) is 22.9. The van der Waals surface area contributed by atoms with E-state index in [0.29, 0.717) is 0 Å². The molecular weight excluding hydrogens is 294 g/mol. The lowest BCUT2D eigenvalue weighted by atomic mass is 10.1. The van der Waals surface area contributed by atoms with Gasteiger partial charge in [0, 0.05) is 19.3 Å². The summed E-state index contributed by atoms with van der Waals surface area (Å²) in [6.07, 6.45) is 3.24. The highest BCUT2D eigenvalue weighted by Gasteiger charge is 2.44. The van der Waals surface area contributed by atoms with E-state index in [1.807, 2.05) is 18.2 Å². The Balaban J connectivity index is 1.90. The van der Waals surface area contributed by atoms with Gasteiger partial charge in [-0.05, 0) is 18.4 Å². The van der Waals surface area contributed by atoms with E-state index in [2.05, 4.69) is 17.1 Å². The molecular formula is C17H17N3O3. The lowest BCUT2D eigenvalue weighted by molar-refractivity contribution is 0.0649. The topological polar surface area (TPSA) is 65.8 Å². The maximum Gasteiger partial charge on any atom is 0.277 e. The van der Waals surface area contributed by atoms with E-state index in [1.54, 1.807) is 22.8 Å². The van der Waals surface area contributed by atoms with Gasteiger partial charge in [-0.3, -0.25) is 19.3 Å². The van der Waals surface area contributed by atoms with Gasteiger partial charge < -0.3 is 10.0 Å². The van der Waals surface area contributed by atoms with Crippen molar-refractivity contribution < 1.29 is 9.90 Å². The van der Waals surface area contributed by atoms with Gasteiger partial charge in [0.2, 0.25) is 5.43 Å². The molecule has 1 N–H and O–H groups in total. The molecule has 2 aliphatic rings. The molecule has 1 aromatic heterocycles. The Morgan fingerprint density at radius 1 is 1.09 bits per heavy atom. The zero-order valence-electron chi connectivity index (χ0n) is 12.7. The Hall–Kier alpha value is -2.76. The number of fused-ring (bicyclic) bond motifs is 3. The number of aromatic nitrogens is 1. The maximum atomic E-state index is 12.6. The minimum Gasteiger partial charge on any atom is -0.502 e. The summed E-state index contributed by atoms with van der Waals surface area (Å²) in [6.45, 7) is 0. The molecule has 3 heterocycles. The van der Waals surface area contributed by atoms with Gasteiger partial charge in [0.15, 0.2) is 11.4 Å². The van der Waals surface area contributed by atoms with Gasteiger partial charge in [0.1, 0.15) is 6.17 Å². The number of aromatic hydroxyl groups is 1. The van der Waals surface area contributed by atoms with Crippen LogP contribution in [0.1, 0.15) is 34.9 Å². The zero-order valence-corrected chi connectivity index (χ0v) is 12.7. The van der Waals surface area contributed by atoms with Crippen LogP contribution in [0.15, 0.2) is 47.4 Å². The van der Waals surface area contributed by atoms with Gasteiger partial charge in [-0.1, -0.05) is 30.3 Å². The van der Waals surface area contributed by atoms with Crippen molar-refractivity contribution in [2.75, 3.05) is 12.1 Å². The first kappa shape index (κ1) is 13.9. The van der Waals surface area contributed by atoms with E-state index >= 15 is 0 Å². The van der Waals surface area contributed by atoms with Crippen molar-refractivity contribution in [2.45, 2.75) is 25.0 Å². The largest absolute Gasteiger partial charge is 0.502 e. The molecule has 2 aliphatic heterocycles. The summed E-state index contributed by atoms with van der Waals surface area (Å²) in [5.41, 5.74) is 0.660. The number of amides is 1. The summed E-state index contributed by atoms with van der Waals surface area (Å²) < 4.78 is 1.65. The van der Waals surface area contributed by atoms with Crippen LogP contribution >= 0.6 is 0 Å². The van der Waals surface area contributed by atoms with Crippen molar-refractivity contribution >= 4 is 5.91 Å². The molecule has 0 saturated carbocycles. The summed E-state index contributed by atoms with van der Waals surface area (Å²) in [5, 5.41) is 12.2. The van der Waals surface area contributed by atoms with E-state index in [4.69, 9.17) is 0 Å². The molecule has 2 aromatic rings. The Labute approximate surface area is 133 Å². The minimum absolute atomic E-state index is 0.0408. The third kappa shape index (κ3) is 1.87. The Morgan fingerprint density at radius 2 is 1.83 bits per heavy atom. The van der Waals surface area contributed by atoms with Crippen molar-refractivity contribution in [1.82, 2.24) is 9.58 Å². The van der Waals surface area contributed by atoms with Gasteiger partial charge in [-0.15, -0.1) is 0 Å². The number of benzene rings is 1. The van der Waals surface area contributed by atoms with Crippen LogP contribution < -0.4 is 10.4 Å². The predicted octanol–water partition coefficient (Wildman–Crippen LogP) is 1.44. The van der Waals surface area contributed by atoms with E-state index < -0.39 is 11.2 Å². The molecule has 0 radical (unpaired) electrons. The molecule has 0 aliphatic carbocycles. The van der Waals surface area contributed by atoms with Crippen molar-refractivity contribution in [2.24, 2.45) is 0 Å². The average molecular weight is 311 g/mol. The van der Waals surface area contributed by atoms with Crippen molar-refractivity contribution in [3.8, 4) is 5.75 Å². The van der Waals surface area contributed by atoms with Crippen LogP contribution in [0.4, 0.5) is 0 Å². The fourth-order valence-corrected chi connectivity index (χ4v) is 3.65. The molecule has 23 heavy (non-hydrogen) atoms. The minimum atomic E-state index is -0.535. The van der Waals surface area contributed by atoms with Crippen LogP contribution in [0.3, 0.4) is 0 Å². The van der Waals surface area contributed by atoms with Gasteiger partial charge in [0.25, 0.3) is 5.91 Å². The molecule has 1 amide bonds. The summed E-state index contributed by atoms with van der Waals surface area (Å²) in [6, 6.07) is 11.5. The van der Waals surface area contributed by atoms with Crippen molar-refractivity contribution in [3.05, 3.63) is 64.1 Å². The predicted molar refractivity (Wildman–Crippen MR) is 84.9 cm³/mol. The average Bonchev–Trinajstić information content (AvgIpc) is 3.01. The summed E-state index contributed by atoms with van der Waals surface area (Å²) in [5.74, 6) is -0.809. The summed E-state index contributed by atoms with van der Waals surface area (Å²) >= 11 is 0. The summed E-state index contributed by atoms with van der Waals surface area (Å²) in [4.78, 5) is 25.9. The molecule has 1 fully saturated rings. The van der Waals surface area contributed by atoms with E-state index in [9.17, 15) is 14.7 Å². The molecule has 4 rings (SSSR count). The van der Waals surface area contributed by atoms with Crippen LogP contribution in [0, 0.1) is 0 Å². The van der Waals surface area contributed by atoms with Gasteiger partial charge in [-0.2, -0.15) is 0 Å². The number of carbonyl (C=O) groups is 1. The molecule has 1 aromatic carbocycles. The highest BCUT2D eigenvalue weighted by atomic mass is 16.3. The fourth-order valence-electron chi connectivity index (χ4n) is 3.65. The highest BCUT2D eigenvalue weighted by Crippen LogP contribution is 2.39. The lowest BCUT2D eigenvalue weighted by Gasteiger charge is -2.43. The molecule has 6 heteroatoms. The fraction of sp³-hybridized carbons (Fsp3) is 0.294. The van der Waals surface area contributed by atoms with Gasteiger partial charge in [0.05, 0.1) is 6.04 Å². The maximum absolute atomic E-state index is 12.6. The smallest absolute Gasteiger partial charge is 0.277 e. The second-order valence-electron chi connectivity index (χ2n) is 6.00. The monoisotopic (exact) mass is 311 g/mol. The Kier molecular flexibility index (Phi) is 2.94. The summed E-state index contributed by atoms with van der Waals surface area (Å²) in [7, 11) is 1.72. The van der Waals surface area contributed by atoms with Gasteiger partial charge in [-0.25, -0.2) is 0 Å². The van der Waals surface area contributed by atoms with Crippen molar-refractivity contribution in [3.63, 3.8) is 0 Å². The molecule has 0 bridgehead atoms. The number of hydrogen-bond acceptors (Lipinski definition) is 4. The molecule has 2 unspecified atom stereocenters. The number of carbonyl (C=O) groups excluding carboxylic acids is 1. The van der Waals surface area contributed by atoms with Gasteiger partial charge >= 0.3 is 0 Å².